The van der Waals surface area contributed by atoms with Crippen molar-refractivity contribution in [1.82, 2.24) is 4.90 Å². The zero-order valence-corrected chi connectivity index (χ0v) is 17.4. The zero-order chi connectivity index (χ0) is 21.1. The zero-order valence-electron chi connectivity index (χ0n) is 15.8. The van der Waals surface area contributed by atoms with Gasteiger partial charge >= 0.3 is 5.97 Å². The third-order valence-electron chi connectivity index (χ3n) is 4.62. The average Bonchev–Trinajstić information content (AvgIpc) is 3.00. The van der Waals surface area contributed by atoms with Gasteiger partial charge in [-0.15, -0.1) is 0 Å². The minimum absolute atomic E-state index is 0.253. The van der Waals surface area contributed by atoms with Gasteiger partial charge in [0.2, 0.25) is 0 Å². The van der Waals surface area contributed by atoms with Gasteiger partial charge in [0, 0.05) is 0 Å². The first kappa shape index (κ1) is 20.1. The molecule has 0 aromatic heterocycles. The molecule has 30 heavy (non-hydrogen) atoms. The molecule has 1 fully saturated rings. The van der Waals surface area contributed by atoms with Gasteiger partial charge in [0.05, 0.1) is 4.91 Å². The molecule has 3 aromatic carbocycles. The Kier molecular flexibility index (Phi) is 5.83. The Labute approximate surface area is 183 Å². The van der Waals surface area contributed by atoms with Crippen LogP contribution in [0.4, 0.5) is 0 Å². The Morgan fingerprint density at radius 3 is 2.57 bits per heavy atom. The van der Waals surface area contributed by atoms with E-state index >= 15 is 0 Å². The van der Waals surface area contributed by atoms with Crippen LogP contribution in [0.3, 0.4) is 0 Å². The molecule has 7 heteroatoms. The van der Waals surface area contributed by atoms with Crippen LogP contribution in [0.1, 0.15) is 11.1 Å². The van der Waals surface area contributed by atoms with E-state index < -0.39 is 12.5 Å². The second-order valence-electron chi connectivity index (χ2n) is 6.66. The van der Waals surface area contributed by atoms with Crippen molar-refractivity contribution in [3.63, 3.8) is 0 Å². The number of thiocarbonyl (C=S) groups is 1. The fraction of sp³-hybridized carbons (Fsp3) is 0.0870. The Bertz CT molecular complexity index is 1170. The predicted molar refractivity (Wildman–Crippen MR) is 122 cm³/mol. The summed E-state index contributed by atoms with van der Waals surface area (Å²) in [5.41, 5.74) is 1.92. The first-order valence-electron chi connectivity index (χ1n) is 9.18. The molecular weight excluding hydrogens is 418 g/mol. The predicted octanol–water partition coefficient (Wildman–Crippen LogP) is 4.70. The minimum atomic E-state index is -1.10. The van der Waals surface area contributed by atoms with Crippen LogP contribution >= 0.6 is 24.0 Å². The molecule has 0 unspecified atom stereocenters. The molecule has 0 bridgehead atoms. The van der Waals surface area contributed by atoms with Gasteiger partial charge in [-0.1, -0.05) is 78.6 Å². The highest BCUT2D eigenvalue weighted by Gasteiger charge is 2.33. The van der Waals surface area contributed by atoms with Gasteiger partial charge in [-0.2, -0.15) is 0 Å². The standard InChI is InChI=1S/C23H17NO4S2/c25-21(26)13-24-22(27)20(30-23(24)29)12-15-8-10-18(11-9-15)28-14-17-6-3-5-16-4-1-2-7-19(16)17/h1-12H,13-14H2,(H,25,26)/b20-12-. The molecule has 3 aromatic rings. The number of carbonyl (C=O) groups excluding carboxylic acids is 1. The third kappa shape index (κ3) is 4.37. The van der Waals surface area contributed by atoms with Gasteiger partial charge in [-0.3, -0.25) is 14.5 Å². The maximum atomic E-state index is 12.4. The van der Waals surface area contributed by atoms with Crippen molar-refractivity contribution < 1.29 is 19.4 Å². The van der Waals surface area contributed by atoms with Crippen LogP contribution in [0.5, 0.6) is 5.75 Å². The Morgan fingerprint density at radius 1 is 1.07 bits per heavy atom. The van der Waals surface area contributed by atoms with E-state index in [1.54, 1.807) is 6.08 Å². The summed E-state index contributed by atoms with van der Waals surface area (Å²) < 4.78 is 6.19. The van der Waals surface area contributed by atoms with Gasteiger partial charge < -0.3 is 9.84 Å². The third-order valence-corrected chi connectivity index (χ3v) is 6.00. The van der Waals surface area contributed by atoms with E-state index in [0.717, 1.165) is 33.5 Å². The number of hydrogen-bond acceptors (Lipinski definition) is 5. The van der Waals surface area contributed by atoms with E-state index in [2.05, 4.69) is 24.3 Å². The van der Waals surface area contributed by atoms with E-state index in [4.69, 9.17) is 22.1 Å². The average molecular weight is 436 g/mol. The summed E-state index contributed by atoms with van der Waals surface area (Å²) in [4.78, 5) is 24.7. The van der Waals surface area contributed by atoms with Crippen molar-refractivity contribution >= 4 is 57.0 Å². The molecule has 0 saturated carbocycles. The Balaban J connectivity index is 1.44. The Hall–Kier alpha value is -3.16. The van der Waals surface area contributed by atoms with Crippen LogP contribution in [-0.2, 0) is 16.2 Å². The van der Waals surface area contributed by atoms with Crippen LogP contribution in [0, 0.1) is 0 Å². The first-order valence-corrected chi connectivity index (χ1v) is 10.4. The van der Waals surface area contributed by atoms with Crippen molar-refractivity contribution in [2.24, 2.45) is 0 Å². The topological polar surface area (TPSA) is 66.8 Å². The fourth-order valence-corrected chi connectivity index (χ4v) is 4.42. The molecule has 4 rings (SSSR count). The van der Waals surface area contributed by atoms with Crippen molar-refractivity contribution in [3.8, 4) is 5.75 Å². The number of amides is 1. The SMILES string of the molecule is O=C(O)CN1C(=O)/C(=C/c2ccc(OCc3cccc4ccccc34)cc2)SC1=S. The fourth-order valence-electron chi connectivity index (χ4n) is 3.16. The second-order valence-corrected chi connectivity index (χ2v) is 8.33. The molecule has 0 radical (unpaired) electrons. The lowest BCUT2D eigenvalue weighted by molar-refractivity contribution is -0.140. The number of carbonyl (C=O) groups is 2. The summed E-state index contributed by atoms with van der Waals surface area (Å²) in [6.07, 6.45) is 1.70. The molecule has 1 N–H and O–H groups in total. The second kappa shape index (κ2) is 8.69. The van der Waals surface area contributed by atoms with Gasteiger partial charge in [0.1, 0.15) is 23.2 Å². The van der Waals surface area contributed by atoms with Gasteiger partial charge in [0.25, 0.3) is 5.91 Å². The highest BCUT2D eigenvalue weighted by Crippen LogP contribution is 2.32. The van der Waals surface area contributed by atoms with E-state index in [9.17, 15) is 9.59 Å². The number of ether oxygens (including phenoxy) is 1. The van der Waals surface area contributed by atoms with Crippen LogP contribution in [0.25, 0.3) is 16.8 Å². The summed E-state index contributed by atoms with van der Waals surface area (Å²) in [5, 5.41) is 11.3. The molecule has 150 valence electrons. The number of fused-ring (bicyclic) bond motifs is 1. The molecule has 1 aliphatic rings. The number of hydrogen-bond donors (Lipinski definition) is 1. The van der Waals surface area contributed by atoms with Crippen molar-refractivity contribution in [2.45, 2.75) is 6.61 Å². The maximum Gasteiger partial charge on any atom is 0.323 e. The first-order chi connectivity index (χ1) is 14.5. The number of aliphatic carboxylic acids is 1. The smallest absolute Gasteiger partial charge is 0.323 e. The Morgan fingerprint density at radius 2 is 1.80 bits per heavy atom. The van der Waals surface area contributed by atoms with Gasteiger partial charge in [-0.25, -0.2) is 0 Å². The van der Waals surface area contributed by atoms with E-state index in [-0.39, 0.29) is 10.2 Å². The lowest BCUT2D eigenvalue weighted by atomic mass is 10.1. The van der Waals surface area contributed by atoms with Crippen LogP contribution in [0.15, 0.2) is 71.6 Å². The van der Waals surface area contributed by atoms with Crippen LogP contribution in [0.2, 0.25) is 0 Å². The summed E-state index contributed by atoms with van der Waals surface area (Å²) in [6.45, 7) is 0.0253. The van der Waals surface area contributed by atoms with Crippen LogP contribution < -0.4 is 4.74 Å². The number of nitrogens with zero attached hydrogens (tertiary/aromatic N) is 1. The highest BCUT2D eigenvalue weighted by atomic mass is 32.2. The summed E-state index contributed by atoms with van der Waals surface area (Å²) in [6, 6.07) is 21.7. The number of carboxylic acids is 1. The lowest BCUT2D eigenvalue weighted by Gasteiger charge is -2.10. The molecule has 1 amide bonds. The summed E-state index contributed by atoms with van der Waals surface area (Å²) in [7, 11) is 0. The molecule has 5 nitrogen and oxygen atoms in total. The summed E-state index contributed by atoms with van der Waals surface area (Å²) >= 11 is 6.21. The molecular formula is C23H17NO4S2. The van der Waals surface area contributed by atoms with Crippen molar-refractivity contribution in [1.29, 1.82) is 0 Å². The largest absolute Gasteiger partial charge is 0.489 e. The maximum absolute atomic E-state index is 12.4. The normalized spacial score (nSPS) is 15.2. The number of rotatable bonds is 6. The van der Waals surface area contributed by atoms with Gasteiger partial charge in [-0.05, 0) is 40.1 Å². The molecule has 0 aliphatic carbocycles. The summed E-state index contributed by atoms with van der Waals surface area (Å²) in [5.74, 6) is -0.762. The molecule has 0 spiro atoms. The minimum Gasteiger partial charge on any atom is -0.489 e. The molecule has 1 saturated heterocycles. The number of carboxylic acid groups (broad SMARTS) is 1. The van der Waals surface area contributed by atoms with Gasteiger partial charge in [0.15, 0.2) is 0 Å². The highest BCUT2D eigenvalue weighted by molar-refractivity contribution is 8.26. The van der Waals surface area contributed by atoms with E-state index in [0.29, 0.717) is 11.5 Å². The lowest BCUT2D eigenvalue weighted by Crippen LogP contribution is -2.33. The van der Waals surface area contributed by atoms with Crippen molar-refractivity contribution in [3.05, 3.63) is 82.8 Å². The van der Waals surface area contributed by atoms with E-state index in [1.165, 1.54) is 10.8 Å². The van der Waals surface area contributed by atoms with Crippen molar-refractivity contribution in [2.75, 3.05) is 6.54 Å². The molecule has 0 atom stereocenters. The van der Waals surface area contributed by atoms with Crippen LogP contribution in [-0.4, -0.2) is 32.7 Å². The quantitative estimate of drug-likeness (QED) is 0.447. The molecule has 1 heterocycles. The number of thioether (sulfide) groups is 1. The van der Waals surface area contributed by atoms with E-state index in [1.807, 2.05) is 42.5 Å². The number of benzene rings is 3. The molecule has 1 aliphatic heterocycles. The monoisotopic (exact) mass is 435 g/mol.